The molecule has 1 amide bonds. The average Bonchev–Trinajstić information content (AvgIpc) is 2.35. The first-order chi connectivity index (χ1) is 7.67. The highest BCUT2D eigenvalue weighted by Crippen LogP contribution is 2.21. The Morgan fingerprint density at radius 2 is 2.12 bits per heavy atom. The molecule has 4 N–H and O–H groups in total. The summed E-state index contributed by atoms with van der Waals surface area (Å²) < 4.78 is 0. The number of carbonyl (C=O) groups excluding carboxylic acids is 1. The lowest BCUT2D eigenvalue weighted by Crippen LogP contribution is -2.35. The van der Waals surface area contributed by atoms with Gasteiger partial charge in [-0.25, -0.2) is 5.84 Å². The Labute approximate surface area is 99.2 Å². The second-order valence-electron chi connectivity index (χ2n) is 3.52. The molecule has 1 aromatic carbocycles. The first-order valence-electron chi connectivity index (χ1n) is 5.00. The van der Waals surface area contributed by atoms with Crippen molar-refractivity contribution in [1.82, 2.24) is 5.43 Å². The van der Waals surface area contributed by atoms with Gasteiger partial charge in [0.25, 0.3) is 0 Å². The third-order valence-corrected chi connectivity index (χ3v) is 3.47. The number of aliphatic hydroxyl groups excluding tert-OH is 1. The number of nitrogens with one attached hydrogen (secondary N) is 1. The van der Waals surface area contributed by atoms with Crippen LogP contribution in [0, 0.1) is 5.92 Å². The Hall–Kier alpha value is -1.04. The van der Waals surface area contributed by atoms with Crippen LogP contribution in [0.1, 0.15) is 12.5 Å². The largest absolute Gasteiger partial charge is 0.392 e. The van der Waals surface area contributed by atoms with Crippen molar-refractivity contribution >= 4 is 17.7 Å². The van der Waals surface area contributed by atoms with Crippen LogP contribution in [0.5, 0.6) is 0 Å². The Bertz CT molecular complexity index is 340. The summed E-state index contributed by atoms with van der Waals surface area (Å²) in [6, 6.07) is 7.61. The highest BCUT2D eigenvalue weighted by Gasteiger charge is 2.11. The van der Waals surface area contributed by atoms with Crippen LogP contribution in [0.3, 0.4) is 0 Å². The van der Waals surface area contributed by atoms with Gasteiger partial charge in [0.05, 0.1) is 6.61 Å². The molecular formula is C11H16N2O2S. The van der Waals surface area contributed by atoms with Crippen molar-refractivity contribution in [3.63, 3.8) is 0 Å². The molecule has 0 saturated heterocycles. The predicted molar refractivity (Wildman–Crippen MR) is 64.6 cm³/mol. The Kier molecular flexibility index (Phi) is 5.31. The van der Waals surface area contributed by atoms with Crippen LogP contribution >= 0.6 is 11.8 Å². The van der Waals surface area contributed by atoms with Gasteiger partial charge in [0.2, 0.25) is 5.91 Å². The molecule has 88 valence electrons. The summed E-state index contributed by atoms with van der Waals surface area (Å²) in [5.41, 5.74) is 3.02. The van der Waals surface area contributed by atoms with Gasteiger partial charge in [0, 0.05) is 16.6 Å². The molecule has 1 atom stereocenters. The lowest BCUT2D eigenvalue weighted by molar-refractivity contribution is -0.123. The summed E-state index contributed by atoms with van der Waals surface area (Å²) in [6.07, 6.45) is 0. The standard InChI is InChI=1S/C11H16N2O2S/c1-8(11(15)13-12)7-16-10-4-2-9(6-14)3-5-10/h2-5,8,14H,6-7,12H2,1H3,(H,13,15). The van der Waals surface area contributed by atoms with Crippen molar-refractivity contribution in [3.05, 3.63) is 29.8 Å². The van der Waals surface area contributed by atoms with Crippen LogP contribution in [0.2, 0.25) is 0 Å². The van der Waals surface area contributed by atoms with Crippen molar-refractivity contribution in [2.45, 2.75) is 18.4 Å². The summed E-state index contributed by atoms with van der Waals surface area (Å²) in [5.74, 6) is 5.45. The summed E-state index contributed by atoms with van der Waals surface area (Å²) >= 11 is 1.59. The van der Waals surface area contributed by atoms with E-state index in [0.717, 1.165) is 10.5 Å². The van der Waals surface area contributed by atoms with E-state index in [2.05, 4.69) is 5.43 Å². The zero-order valence-electron chi connectivity index (χ0n) is 9.14. The molecule has 0 radical (unpaired) electrons. The summed E-state index contributed by atoms with van der Waals surface area (Å²) in [6.45, 7) is 1.88. The molecule has 0 aliphatic rings. The fraction of sp³-hybridized carbons (Fsp3) is 0.364. The van der Waals surface area contributed by atoms with Gasteiger partial charge in [-0.1, -0.05) is 19.1 Å². The Morgan fingerprint density at radius 3 is 2.62 bits per heavy atom. The van der Waals surface area contributed by atoms with Crippen molar-refractivity contribution in [3.8, 4) is 0 Å². The van der Waals surface area contributed by atoms with Gasteiger partial charge in [0.1, 0.15) is 0 Å². The van der Waals surface area contributed by atoms with E-state index in [1.165, 1.54) is 0 Å². The quantitative estimate of drug-likeness (QED) is 0.309. The lowest BCUT2D eigenvalue weighted by atomic mass is 10.2. The smallest absolute Gasteiger partial charge is 0.237 e. The number of nitrogens with two attached hydrogens (primary N) is 1. The zero-order valence-corrected chi connectivity index (χ0v) is 9.96. The zero-order chi connectivity index (χ0) is 12.0. The molecule has 16 heavy (non-hydrogen) atoms. The number of aliphatic hydroxyl groups is 1. The number of benzene rings is 1. The predicted octanol–water partition coefficient (Wildman–Crippen LogP) is 0.897. The van der Waals surface area contributed by atoms with Gasteiger partial charge in [0.15, 0.2) is 0 Å². The fourth-order valence-electron chi connectivity index (χ4n) is 1.13. The van der Waals surface area contributed by atoms with Gasteiger partial charge in [-0.2, -0.15) is 0 Å². The van der Waals surface area contributed by atoms with E-state index < -0.39 is 0 Å². The van der Waals surface area contributed by atoms with Gasteiger partial charge in [-0.3, -0.25) is 10.2 Å². The van der Waals surface area contributed by atoms with E-state index in [1.807, 2.05) is 31.2 Å². The van der Waals surface area contributed by atoms with Gasteiger partial charge >= 0.3 is 0 Å². The second kappa shape index (κ2) is 6.52. The first kappa shape index (κ1) is 13.0. The molecule has 1 rings (SSSR count). The number of hydrogen-bond donors (Lipinski definition) is 3. The van der Waals surface area contributed by atoms with Crippen molar-refractivity contribution < 1.29 is 9.90 Å². The summed E-state index contributed by atoms with van der Waals surface area (Å²) in [4.78, 5) is 12.2. The third-order valence-electron chi connectivity index (χ3n) is 2.20. The number of amides is 1. The molecule has 0 aromatic heterocycles. The molecule has 0 aliphatic carbocycles. The average molecular weight is 240 g/mol. The van der Waals surface area contributed by atoms with E-state index >= 15 is 0 Å². The molecule has 0 spiro atoms. The summed E-state index contributed by atoms with van der Waals surface area (Å²) in [5, 5.41) is 8.88. The second-order valence-corrected chi connectivity index (χ2v) is 4.62. The summed E-state index contributed by atoms with van der Waals surface area (Å²) in [7, 11) is 0. The Balaban J connectivity index is 2.45. The van der Waals surface area contributed by atoms with Crippen LogP contribution in [-0.4, -0.2) is 16.8 Å². The number of carbonyl (C=O) groups is 1. The van der Waals surface area contributed by atoms with E-state index in [-0.39, 0.29) is 18.4 Å². The molecule has 5 heteroatoms. The molecular weight excluding hydrogens is 224 g/mol. The van der Waals surface area contributed by atoms with E-state index in [0.29, 0.717) is 5.75 Å². The topological polar surface area (TPSA) is 75.3 Å². The minimum absolute atomic E-state index is 0.0525. The van der Waals surface area contributed by atoms with E-state index in [4.69, 9.17) is 10.9 Å². The SMILES string of the molecule is CC(CSc1ccc(CO)cc1)C(=O)NN. The molecule has 0 heterocycles. The molecule has 0 bridgehead atoms. The number of rotatable bonds is 5. The number of hydrogen-bond acceptors (Lipinski definition) is 4. The van der Waals surface area contributed by atoms with Gasteiger partial charge in [-0.05, 0) is 17.7 Å². The van der Waals surface area contributed by atoms with Gasteiger partial charge < -0.3 is 5.11 Å². The first-order valence-corrected chi connectivity index (χ1v) is 5.99. The highest BCUT2D eigenvalue weighted by molar-refractivity contribution is 7.99. The molecule has 1 aromatic rings. The highest BCUT2D eigenvalue weighted by atomic mass is 32.2. The maximum atomic E-state index is 11.2. The van der Waals surface area contributed by atoms with Crippen LogP contribution in [-0.2, 0) is 11.4 Å². The minimum atomic E-state index is -0.153. The fourth-order valence-corrected chi connectivity index (χ4v) is 2.05. The molecule has 0 saturated carbocycles. The van der Waals surface area contributed by atoms with E-state index in [1.54, 1.807) is 11.8 Å². The van der Waals surface area contributed by atoms with Crippen molar-refractivity contribution in [2.75, 3.05) is 5.75 Å². The van der Waals surface area contributed by atoms with Crippen LogP contribution < -0.4 is 11.3 Å². The lowest BCUT2D eigenvalue weighted by Gasteiger charge is -2.09. The molecule has 0 fully saturated rings. The van der Waals surface area contributed by atoms with Crippen LogP contribution in [0.4, 0.5) is 0 Å². The van der Waals surface area contributed by atoms with Crippen molar-refractivity contribution in [1.29, 1.82) is 0 Å². The monoisotopic (exact) mass is 240 g/mol. The van der Waals surface area contributed by atoms with Gasteiger partial charge in [-0.15, -0.1) is 11.8 Å². The Morgan fingerprint density at radius 1 is 1.50 bits per heavy atom. The maximum Gasteiger partial charge on any atom is 0.237 e. The van der Waals surface area contributed by atoms with Crippen LogP contribution in [0.15, 0.2) is 29.2 Å². The molecule has 1 unspecified atom stereocenters. The van der Waals surface area contributed by atoms with Crippen LogP contribution in [0.25, 0.3) is 0 Å². The minimum Gasteiger partial charge on any atom is -0.392 e. The third kappa shape index (κ3) is 3.84. The number of thioether (sulfide) groups is 1. The normalized spacial score (nSPS) is 12.2. The maximum absolute atomic E-state index is 11.2. The molecule has 4 nitrogen and oxygen atoms in total. The van der Waals surface area contributed by atoms with E-state index in [9.17, 15) is 4.79 Å². The number of hydrazine groups is 1. The molecule has 0 aliphatic heterocycles. The van der Waals surface area contributed by atoms with Crippen molar-refractivity contribution in [2.24, 2.45) is 11.8 Å².